The zero-order chi connectivity index (χ0) is 31.1. The predicted molar refractivity (Wildman–Crippen MR) is 172 cm³/mol. The lowest BCUT2D eigenvalue weighted by molar-refractivity contribution is -0.140. The number of hydrogen-bond donors (Lipinski definition) is 1. The third kappa shape index (κ3) is 8.28. The summed E-state index contributed by atoms with van der Waals surface area (Å²) in [5, 5.41) is 3.83. The van der Waals surface area contributed by atoms with Crippen molar-refractivity contribution >= 4 is 35.0 Å². The van der Waals surface area contributed by atoms with E-state index in [1.807, 2.05) is 56.0 Å². The third-order valence-corrected chi connectivity index (χ3v) is 9.06. The molecule has 0 saturated carbocycles. The smallest absolute Gasteiger partial charge is 0.249 e. The minimum Gasteiger partial charge on any atom is -0.367 e. The number of nitrogens with one attached hydrogen (secondary N) is 1. The first-order valence-electron chi connectivity index (χ1n) is 15.6. The molecular weight excluding hydrogens is 550 g/mol. The summed E-state index contributed by atoms with van der Waals surface area (Å²) in [6.45, 7) is 17.6. The minimum absolute atomic E-state index is 0.0138. The van der Waals surface area contributed by atoms with Gasteiger partial charge in [-0.1, -0.05) is 63.9 Å². The molecule has 9 heteroatoms. The molecule has 1 unspecified atom stereocenters. The summed E-state index contributed by atoms with van der Waals surface area (Å²) in [6.07, 6.45) is 4.84. The first-order chi connectivity index (χ1) is 19.8. The van der Waals surface area contributed by atoms with E-state index in [9.17, 15) is 14.4 Å². The average Bonchev–Trinajstić information content (AvgIpc) is 2.97. The maximum Gasteiger partial charge on any atom is 0.249 e. The molecule has 3 atom stereocenters. The molecule has 2 fully saturated rings. The lowest BCUT2D eigenvalue weighted by Gasteiger charge is -2.39. The van der Waals surface area contributed by atoms with E-state index in [0.29, 0.717) is 36.8 Å². The Kier molecular flexibility index (Phi) is 12.3. The van der Waals surface area contributed by atoms with Gasteiger partial charge in [0.25, 0.3) is 0 Å². The number of anilines is 1. The van der Waals surface area contributed by atoms with Crippen molar-refractivity contribution in [2.75, 3.05) is 44.7 Å². The number of carbonyl (C=O) groups excluding carboxylic acids is 3. The van der Waals surface area contributed by atoms with Crippen LogP contribution in [0, 0.1) is 11.8 Å². The molecular formula is C33H52ClN5O3. The molecule has 2 saturated heterocycles. The summed E-state index contributed by atoms with van der Waals surface area (Å²) < 4.78 is 0. The Hall–Kier alpha value is -2.58. The van der Waals surface area contributed by atoms with Crippen LogP contribution in [0.4, 0.5) is 5.69 Å². The number of piperidine rings is 1. The molecule has 0 aliphatic carbocycles. The number of rotatable bonds is 10. The number of para-hydroxylation sites is 1. The van der Waals surface area contributed by atoms with E-state index in [0.717, 1.165) is 31.5 Å². The van der Waals surface area contributed by atoms with Gasteiger partial charge in [0.1, 0.15) is 6.04 Å². The Morgan fingerprint density at radius 2 is 1.60 bits per heavy atom. The Morgan fingerprint density at radius 3 is 2.17 bits per heavy atom. The van der Waals surface area contributed by atoms with Crippen LogP contribution in [0.3, 0.4) is 0 Å². The second-order valence-electron chi connectivity index (χ2n) is 12.8. The molecule has 1 aromatic carbocycles. The van der Waals surface area contributed by atoms with E-state index in [1.165, 1.54) is 0 Å². The monoisotopic (exact) mass is 601 g/mol. The maximum absolute atomic E-state index is 13.9. The topological polar surface area (TPSA) is 76.2 Å². The fourth-order valence-electron chi connectivity index (χ4n) is 6.17. The van der Waals surface area contributed by atoms with Crippen LogP contribution in [-0.2, 0) is 14.4 Å². The van der Waals surface area contributed by atoms with Gasteiger partial charge in [-0.2, -0.15) is 0 Å². The zero-order valence-corrected chi connectivity index (χ0v) is 27.7. The molecule has 2 heterocycles. The molecule has 3 rings (SSSR count). The number of halogens is 1. The van der Waals surface area contributed by atoms with Crippen LogP contribution in [0.2, 0.25) is 5.02 Å². The van der Waals surface area contributed by atoms with Crippen LogP contribution in [0.1, 0.15) is 67.7 Å². The highest BCUT2D eigenvalue weighted by molar-refractivity contribution is 6.33. The molecule has 0 spiro atoms. The van der Waals surface area contributed by atoms with Crippen molar-refractivity contribution in [3.05, 3.63) is 40.9 Å². The number of likely N-dealkylation sites (tertiary alicyclic amines) is 1. The maximum atomic E-state index is 13.9. The van der Waals surface area contributed by atoms with Gasteiger partial charge in [0.15, 0.2) is 0 Å². The van der Waals surface area contributed by atoms with Gasteiger partial charge in [0.2, 0.25) is 17.7 Å². The number of nitrogens with zero attached hydrogens (tertiary/aromatic N) is 4. The van der Waals surface area contributed by atoms with E-state index in [-0.39, 0.29) is 47.7 Å². The molecule has 234 valence electrons. The number of likely N-dealkylation sites (N-methyl/N-ethyl adjacent to an activating group) is 1. The van der Waals surface area contributed by atoms with Crippen LogP contribution in [-0.4, -0.2) is 96.4 Å². The molecule has 0 bridgehead atoms. The van der Waals surface area contributed by atoms with E-state index in [4.69, 9.17) is 11.6 Å². The molecule has 2 aliphatic heterocycles. The van der Waals surface area contributed by atoms with Crippen LogP contribution in [0.15, 0.2) is 35.9 Å². The number of piperazine rings is 1. The standard InChI is InChI=1S/C33H52ClN5O3/c1-22(2)29(21-25(7)32(41)38-19-17-37(18-20-38)27-14-10-9-13-26(27)34)36(8)33(42)30(23(3)4)35-31(40)28-15-11-12-16-39(28)24(5)6/h9-10,13-14,21-24,28-30H,11-12,15-20H2,1-8H3,(H,35,40)/b25-21+/t28-,29-,30?/m1/s1. The van der Waals surface area contributed by atoms with E-state index < -0.39 is 6.04 Å². The minimum atomic E-state index is -0.637. The quantitative estimate of drug-likeness (QED) is 0.389. The highest BCUT2D eigenvalue weighted by atomic mass is 35.5. The van der Waals surface area contributed by atoms with Crippen molar-refractivity contribution in [3.63, 3.8) is 0 Å². The Labute approximate surface area is 258 Å². The predicted octanol–water partition coefficient (Wildman–Crippen LogP) is 4.82. The van der Waals surface area contributed by atoms with Crippen LogP contribution in [0.25, 0.3) is 0 Å². The number of hydrogen-bond acceptors (Lipinski definition) is 5. The van der Waals surface area contributed by atoms with Crippen molar-refractivity contribution in [3.8, 4) is 0 Å². The molecule has 0 radical (unpaired) electrons. The summed E-state index contributed by atoms with van der Waals surface area (Å²) in [5.41, 5.74) is 1.62. The molecule has 1 N–H and O–H groups in total. The van der Waals surface area contributed by atoms with Gasteiger partial charge in [0.05, 0.1) is 22.8 Å². The van der Waals surface area contributed by atoms with Crippen LogP contribution in [0.5, 0.6) is 0 Å². The summed E-state index contributed by atoms with van der Waals surface area (Å²) in [7, 11) is 1.78. The summed E-state index contributed by atoms with van der Waals surface area (Å²) in [5.74, 6) is -0.206. The molecule has 8 nitrogen and oxygen atoms in total. The van der Waals surface area contributed by atoms with Crippen molar-refractivity contribution in [2.24, 2.45) is 11.8 Å². The molecule has 0 aromatic heterocycles. The van der Waals surface area contributed by atoms with Gasteiger partial charge in [-0.15, -0.1) is 0 Å². The number of benzene rings is 1. The fraction of sp³-hybridized carbons (Fsp3) is 0.667. The second-order valence-corrected chi connectivity index (χ2v) is 13.2. The lowest BCUT2D eigenvalue weighted by Crippen LogP contribution is -2.58. The third-order valence-electron chi connectivity index (χ3n) is 8.74. The van der Waals surface area contributed by atoms with Crippen molar-refractivity contribution < 1.29 is 14.4 Å². The molecule has 42 heavy (non-hydrogen) atoms. The van der Waals surface area contributed by atoms with Gasteiger partial charge in [-0.05, 0) is 64.1 Å². The van der Waals surface area contributed by atoms with Gasteiger partial charge in [0, 0.05) is 44.8 Å². The van der Waals surface area contributed by atoms with Crippen molar-refractivity contribution in [1.29, 1.82) is 0 Å². The normalized spacial score (nSPS) is 20.2. The molecule has 1 aromatic rings. The largest absolute Gasteiger partial charge is 0.367 e. The van der Waals surface area contributed by atoms with Gasteiger partial charge >= 0.3 is 0 Å². The average molecular weight is 602 g/mol. The van der Waals surface area contributed by atoms with Crippen molar-refractivity contribution in [2.45, 2.75) is 91.9 Å². The van der Waals surface area contributed by atoms with E-state index in [1.54, 1.807) is 11.9 Å². The van der Waals surface area contributed by atoms with Gasteiger partial charge in [-0.3, -0.25) is 19.3 Å². The Bertz CT molecular complexity index is 1110. The van der Waals surface area contributed by atoms with Gasteiger partial charge in [-0.25, -0.2) is 0 Å². The highest BCUT2D eigenvalue weighted by Gasteiger charge is 2.36. The Balaban J connectivity index is 1.68. The molecule has 3 amide bonds. The first kappa shape index (κ1) is 33.9. The van der Waals surface area contributed by atoms with Crippen LogP contribution >= 0.6 is 11.6 Å². The van der Waals surface area contributed by atoms with E-state index in [2.05, 4.69) is 42.8 Å². The summed E-state index contributed by atoms with van der Waals surface area (Å²) in [6, 6.07) is 6.92. The second kappa shape index (κ2) is 15.2. The zero-order valence-electron chi connectivity index (χ0n) is 26.9. The summed E-state index contributed by atoms with van der Waals surface area (Å²) in [4.78, 5) is 48.8. The fourth-order valence-corrected chi connectivity index (χ4v) is 6.43. The van der Waals surface area contributed by atoms with Crippen molar-refractivity contribution in [1.82, 2.24) is 20.0 Å². The number of carbonyl (C=O) groups is 3. The SMILES string of the molecule is C/C(=C\[C@H](C(C)C)N(C)C(=O)C(NC(=O)[C@H]1CCCCN1C(C)C)C(C)C)C(=O)N1CCN(c2ccccc2Cl)CC1. The summed E-state index contributed by atoms with van der Waals surface area (Å²) >= 11 is 6.39. The number of amides is 3. The Morgan fingerprint density at radius 1 is 0.952 bits per heavy atom. The van der Waals surface area contributed by atoms with Gasteiger partial charge < -0.3 is 20.0 Å². The van der Waals surface area contributed by atoms with Crippen LogP contribution < -0.4 is 10.2 Å². The lowest BCUT2D eigenvalue weighted by atomic mass is 9.95. The first-order valence-corrected chi connectivity index (χ1v) is 16.0. The molecule has 2 aliphatic rings. The van der Waals surface area contributed by atoms with E-state index >= 15 is 0 Å². The highest BCUT2D eigenvalue weighted by Crippen LogP contribution is 2.27.